The van der Waals surface area contributed by atoms with Gasteiger partial charge >= 0.3 is 5.97 Å². The molecule has 3 nitrogen and oxygen atoms in total. The fourth-order valence-electron chi connectivity index (χ4n) is 3.45. The monoisotopic (exact) mass is 276 g/mol. The molecule has 0 amide bonds. The number of hydrogen-bond acceptors (Lipinski definition) is 2. The first-order chi connectivity index (χ1) is 9.55. The molecule has 0 radical (unpaired) electrons. The summed E-state index contributed by atoms with van der Waals surface area (Å²) in [5.74, 6) is 0.218. The van der Waals surface area contributed by atoms with Gasteiger partial charge in [-0.3, -0.25) is 4.79 Å². The van der Waals surface area contributed by atoms with Crippen molar-refractivity contribution in [2.24, 2.45) is 11.3 Å². The predicted octanol–water partition coefficient (Wildman–Crippen LogP) is 4.00. The van der Waals surface area contributed by atoms with Crippen molar-refractivity contribution in [2.45, 2.75) is 51.9 Å². The quantitative estimate of drug-likeness (QED) is 0.854. The normalized spacial score (nSPS) is 26.4. The second-order valence-corrected chi connectivity index (χ2v) is 6.16. The van der Waals surface area contributed by atoms with Crippen LogP contribution in [0.3, 0.4) is 0 Å². The number of benzene rings is 1. The molecule has 2 rings (SSSR count). The molecule has 0 unspecified atom stereocenters. The molecule has 1 saturated carbocycles. The number of carboxylic acid groups (broad SMARTS) is 1. The van der Waals surface area contributed by atoms with E-state index in [9.17, 15) is 15.0 Å². The van der Waals surface area contributed by atoms with Crippen LogP contribution in [0.15, 0.2) is 24.3 Å². The van der Waals surface area contributed by atoms with Crippen LogP contribution in [-0.2, 0) is 11.2 Å². The van der Waals surface area contributed by atoms with E-state index in [4.69, 9.17) is 0 Å². The van der Waals surface area contributed by atoms with E-state index >= 15 is 0 Å². The zero-order valence-corrected chi connectivity index (χ0v) is 12.1. The number of carbonyl (C=O) groups is 1. The molecule has 20 heavy (non-hydrogen) atoms. The van der Waals surface area contributed by atoms with Crippen molar-refractivity contribution in [3.05, 3.63) is 29.8 Å². The zero-order valence-electron chi connectivity index (χ0n) is 12.1. The largest absolute Gasteiger partial charge is 0.508 e. The smallest absolute Gasteiger partial charge is 0.309 e. The average molecular weight is 276 g/mol. The lowest BCUT2D eigenvalue weighted by Crippen LogP contribution is -2.37. The van der Waals surface area contributed by atoms with E-state index in [0.717, 1.165) is 31.2 Å². The molecule has 0 aliphatic heterocycles. The summed E-state index contributed by atoms with van der Waals surface area (Å²) in [7, 11) is 0. The SMILES string of the molecule is CCCC1CCC(Cc2cccc(O)c2)(C(=O)O)CC1. The summed E-state index contributed by atoms with van der Waals surface area (Å²) in [4.78, 5) is 11.8. The highest BCUT2D eigenvalue weighted by atomic mass is 16.4. The van der Waals surface area contributed by atoms with E-state index in [0.29, 0.717) is 12.3 Å². The number of hydrogen-bond donors (Lipinski definition) is 2. The highest BCUT2D eigenvalue weighted by molar-refractivity contribution is 5.75. The van der Waals surface area contributed by atoms with E-state index in [-0.39, 0.29) is 5.75 Å². The Morgan fingerprint density at radius 1 is 1.35 bits per heavy atom. The van der Waals surface area contributed by atoms with Crippen molar-refractivity contribution < 1.29 is 15.0 Å². The van der Waals surface area contributed by atoms with Gasteiger partial charge < -0.3 is 10.2 Å². The molecule has 1 aromatic rings. The van der Waals surface area contributed by atoms with Gasteiger partial charge in [-0.05, 0) is 55.7 Å². The van der Waals surface area contributed by atoms with Gasteiger partial charge in [-0.25, -0.2) is 0 Å². The van der Waals surface area contributed by atoms with Crippen molar-refractivity contribution in [3.63, 3.8) is 0 Å². The molecule has 2 N–H and O–H groups in total. The Morgan fingerprint density at radius 3 is 2.60 bits per heavy atom. The Bertz CT molecular complexity index is 459. The number of phenolic OH excluding ortho intramolecular Hbond substituents is 1. The van der Waals surface area contributed by atoms with Crippen LogP contribution >= 0.6 is 0 Å². The van der Waals surface area contributed by atoms with Crippen molar-refractivity contribution in [3.8, 4) is 5.75 Å². The lowest BCUT2D eigenvalue weighted by Gasteiger charge is -2.37. The molecule has 1 fully saturated rings. The molecular weight excluding hydrogens is 252 g/mol. The number of aliphatic carboxylic acids is 1. The Labute approximate surface area is 120 Å². The molecule has 1 aliphatic rings. The standard InChI is InChI=1S/C17H24O3/c1-2-4-13-7-9-17(10-8-13,16(19)20)12-14-5-3-6-15(18)11-14/h3,5-6,11,13,18H,2,4,7-10,12H2,1H3,(H,19,20). The van der Waals surface area contributed by atoms with Gasteiger partial charge in [0.1, 0.15) is 5.75 Å². The Hall–Kier alpha value is -1.51. The minimum Gasteiger partial charge on any atom is -0.508 e. The molecular formula is C17H24O3. The van der Waals surface area contributed by atoms with Crippen LogP contribution < -0.4 is 0 Å². The van der Waals surface area contributed by atoms with Gasteiger partial charge in [-0.1, -0.05) is 31.9 Å². The van der Waals surface area contributed by atoms with Crippen molar-refractivity contribution in [2.75, 3.05) is 0 Å². The summed E-state index contributed by atoms with van der Waals surface area (Å²) in [6.07, 6.45) is 6.44. The predicted molar refractivity (Wildman–Crippen MR) is 78.7 cm³/mol. The lowest BCUT2D eigenvalue weighted by molar-refractivity contribution is -0.151. The first-order valence-electron chi connectivity index (χ1n) is 7.57. The van der Waals surface area contributed by atoms with Crippen LogP contribution in [-0.4, -0.2) is 16.2 Å². The van der Waals surface area contributed by atoms with Gasteiger partial charge in [0.25, 0.3) is 0 Å². The average Bonchev–Trinajstić information content (AvgIpc) is 2.41. The second kappa shape index (κ2) is 6.29. The fourth-order valence-corrected chi connectivity index (χ4v) is 3.45. The number of phenols is 1. The van der Waals surface area contributed by atoms with Gasteiger partial charge in [0, 0.05) is 0 Å². The molecule has 0 saturated heterocycles. The van der Waals surface area contributed by atoms with Crippen LogP contribution in [0.5, 0.6) is 5.75 Å². The molecule has 3 heteroatoms. The fraction of sp³-hybridized carbons (Fsp3) is 0.588. The van der Waals surface area contributed by atoms with Gasteiger partial charge in [-0.2, -0.15) is 0 Å². The van der Waals surface area contributed by atoms with Crippen LogP contribution in [0.2, 0.25) is 0 Å². The minimum absolute atomic E-state index is 0.211. The Kier molecular flexibility index (Phi) is 4.69. The molecule has 0 spiro atoms. The van der Waals surface area contributed by atoms with Crippen molar-refractivity contribution in [1.29, 1.82) is 0 Å². The second-order valence-electron chi connectivity index (χ2n) is 6.16. The Morgan fingerprint density at radius 2 is 2.05 bits per heavy atom. The highest BCUT2D eigenvalue weighted by Gasteiger charge is 2.41. The summed E-state index contributed by atoms with van der Waals surface area (Å²) in [6.45, 7) is 2.19. The van der Waals surface area contributed by atoms with Gasteiger partial charge in [0.15, 0.2) is 0 Å². The van der Waals surface area contributed by atoms with E-state index < -0.39 is 11.4 Å². The van der Waals surface area contributed by atoms with Gasteiger partial charge in [0.05, 0.1) is 5.41 Å². The van der Waals surface area contributed by atoms with Crippen molar-refractivity contribution in [1.82, 2.24) is 0 Å². The molecule has 0 bridgehead atoms. The molecule has 1 aromatic carbocycles. The summed E-state index contributed by atoms with van der Waals surface area (Å²) >= 11 is 0. The lowest BCUT2D eigenvalue weighted by atomic mass is 9.67. The maximum absolute atomic E-state index is 11.8. The zero-order chi connectivity index (χ0) is 14.6. The number of carboxylic acids is 1. The summed E-state index contributed by atoms with van der Waals surface area (Å²) < 4.78 is 0. The van der Waals surface area contributed by atoms with E-state index in [2.05, 4.69) is 6.92 Å². The van der Waals surface area contributed by atoms with Crippen LogP contribution in [0, 0.1) is 11.3 Å². The van der Waals surface area contributed by atoms with E-state index in [1.165, 1.54) is 12.8 Å². The molecule has 0 heterocycles. The summed E-state index contributed by atoms with van der Waals surface area (Å²) in [5, 5.41) is 19.2. The maximum Gasteiger partial charge on any atom is 0.309 e. The number of aromatic hydroxyl groups is 1. The highest BCUT2D eigenvalue weighted by Crippen LogP contribution is 2.43. The van der Waals surface area contributed by atoms with Crippen LogP contribution in [0.4, 0.5) is 0 Å². The summed E-state index contributed by atoms with van der Waals surface area (Å²) in [6, 6.07) is 6.99. The van der Waals surface area contributed by atoms with Gasteiger partial charge in [0.2, 0.25) is 0 Å². The molecule has 110 valence electrons. The van der Waals surface area contributed by atoms with Crippen LogP contribution in [0.25, 0.3) is 0 Å². The molecule has 0 atom stereocenters. The minimum atomic E-state index is -0.684. The Balaban J connectivity index is 2.10. The molecule has 1 aliphatic carbocycles. The maximum atomic E-state index is 11.8. The van der Waals surface area contributed by atoms with Crippen LogP contribution in [0.1, 0.15) is 51.0 Å². The third-order valence-corrected chi connectivity index (χ3v) is 4.67. The first kappa shape index (κ1) is 14.9. The third kappa shape index (κ3) is 3.33. The number of rotatable bonds is 5. The van der Waals surface area contributed by atoms with Crippen molar-refractivity contribution >= 4 is 5.97 Å². The van der Waals surface area contributed by atoms with E-state index in [1.807, 2.05) is 6.07 Å². The first-order valence-corrected chi connectivity index (χ1v) is 7.57. The molecule has 0 aromatic heterocycles. The topological polar surface area (TPSA) is 57.5 Å². The van der Waals surface area contributed by atoms with E-state index in [1.54, 1.807) is 18.2 Å². The summed E-state index contributed by atoms with van der Waals surface area (Å²) in [5.41, 5.74) is 0.277. The third-order valence-electron chi connectivity index (χ3n) is 4.67. The van der Waals surface area contributed by atoms with Gasteiger partial charge in [-0.15, -0.1) is 0 Å².